The van der Waals surface area contributed by atoms with Crippen LogP contribution < -0.4 is 5.73 Å². The summed E-state index contributed by atoms with van der Waals surface area (Å²) in [7, 11) is -3.82. The SMILES string of the molecule is C=CCN(C1CC1)S(=O)(=O)c1ccc(N)cc1F. The molecule has 1 aromatic rings. The van der Waals surface area contributed by atoms with Crippen LogP contribution in [0.2, 0.25) is 0 Å². The van der Waals surface area contributed by atoms with E-state index < -0.39 is 15.8 Å². The van der Waals surface area contributed by atoms with E-state index in [2.05, 4.69) is 6.58 Å². The molecule has 6 heteroatoms. The molecule has 0 aromatic heterocycles. The molecule has 0 saturated heterocycles. The van der Waals surface area contributed by atoms with Gasteiger partial charge in [0.1, 0.15) is 10.7 Å². The Hall–Kier alpha value is -1.40. The second kappa shape index (κ2) is 4.70. The predicted molar refractivity (Wildman–Crippen MR) is 67.9 cm³/mol. The number of nitrogens with zero attached hydrogens (tertiary/aromatic N) is 1. The molecule has 1 aliphatic carbocycles. The fraction of sp³-hybridized carbons (Fsp3) is 0.333. The Balaban J connectivity index is 2.42. The fourth-order valence-electron chi connectivity index (χ4n) is 1.79. The highest BCUT2D eigenvalue weighted by atomic mass is 32.2. The van der Waals surface area contributed by atoms with Gasteiger partial charge in [-0.25, -0.2) is 12.8 Å². The summed E-state index contributed by atoms with van der Waals surface area (Å²) >= 11 is 0. The second-order valence-corrected chi connectivity index (χ2v) is 6.14. The summed E-state index contributed by atoms with van der Waals surface area (Å²) in [4.78, 5) is -0.328. The van der Waals surface area contributed by atoms with Crippen molar-refractivity contribution in [1.82, 2.24) is 4.31 Å². The van der Waals surface area contributed by atoms with E-state index in [1.165, 1.54) is 22.5 Å². The van der Waals surface area contributed by atoms with Gasteiger partial charge in [-0.3, -0.25) is 0 Å². The van der Waals surface area contributed by atoms with E-state index in [9.17, 15) is 12.8 Å². The molecular formula is C12H15FN2O2S. The van der Waals surface area contributed by atoms with Crippen LogP contribution in [-0.4, -0.2) is 25.3 Å². The summed E-state index contributed by atoms with van der Waals surface area (Å²) in [5, 5.41) is 0. The number of rotatable bonds is 5. The lowest BCUT2D eigenvalue weighted by Gasteiger charge is -2.20. The number of nitrogens with two attached hydrogens (primary N) is 1. The van der Waals surface area contributed by atoms with Crippen LogP contribution in [0, 0.1) is 5.82 Å². The molecule has 1 saturated carbocycles. The third-order valence-electron chi connectivity index (χ3n) is 2.81. The maximum Gasteiger partial charge on any atom is 0.246 e. The summed E-state index contributed by atoms with van der Waals surface area (Å²) in [5.74, 6) is -0.815. The van der Waals surface area contributed by atoms with Gasteiger partial charge in [0.05, 0.1) is 0 Å². The smallest absolute Gasteiger partial charge is 0.246 e. The van der Waals surface area contributed by atoms with Gasteiger partial charge in [-0.2, -0.15) is 4.31 Å². The van der Waals surface area contributed by atoms with E-state index in [1.807, 2.05) is 0 Å². The Morgan fingerprint density at radius 1 is 1.50 bits per heavy atom. The molecule has 0 atom stereocenters. The van der Waals surface area contributed by atoms with Crippen LogP contribution in [0.4, 0.5) is 10.1 Å². The number of nitrogen functional groups attached to an aromatic ring is 1. The summed E-state index contributed by atoms with van der Waals surface area (Å²) in [6.07, 6.45) is 3.12. The highest BCUT2D eigenvalue weighted by Crippen LogP contribution is 2.32. The minimum Gasteiger partial charge on any atom is -0.399 e. The normalized spacial score (nSPS) is 15.9. The third-order valence-corrected chi connectivity index (χ3v) is 4.76. The highest BCUT2D eigenvalue weighted by molar-refractivity contribution is 7.89. The van der Waals surface area contributed by atoms with Gasteiger partial charge < -0.3 is 5.73 Å². The molecular weight excluding hydrogens is 255 g/mol. The first-order valence-electron chi connectivity index (χ1n) is 5.64. The summed E-state index contributed by atoms with van der Waals surface area (Å²) in [5.41, 5.74) is 5.62. The van der Waals surface area contributed by atoms with E-state index in [0.717, 1.165) is 18.9 Å². The van der Waals surface area contributed by atoms with Crippen LogP contribution >= 0.6 is 0 Å². The minimum absolute atomic E-state index is 0.0371. The third kappa shape index (κ3) is 2.39. The molecule has 2 N–H and O–H groups in total. The van der Waals surface area contributed by atoms with Crippen LogP contribution in [-0.2, 0) is 10.0 Å². The molecule has 0 unspecified atom stereocenters. The molecule has 0 heterocycles. The van der Waals surface area contributed by atoms with E-state index >= 15 is 0 Å². The van der Waals surface area contributed by atoms with Crippen molar-refractivity contribution in [2.24, 2.45) is 0 Å². The number of hydrogen-bond donors (Lipinski definition) is 1. The lowest BCUT2D eigenvalue weighted by molar-refractivity contribution is 0.431. The number of halogens is 1. The van der Waals surface area contributed by atoms with Crippen molar-refractivity contribution in [3.8, 4) is 0 Å². The Bertz CT molecular complexity index is 567. The van der Waals surface area contributed by atoms with Gasteiger partial charge in [0.25, 0.3) is 0 Å². The van der Waals surface area contributed by atoms with Crippen molar-refractivity contribution in [3.05, 3.63) is 36.7 Å². The van der Waals surface area contributed by atoms with Gasteiger partial charge in [-0.15, -0.1) is 6.58 Å². The first kappa shape index (κ1) is 13.0. The Morgan fingerprint density at radius 3 is 2.67 bits per heavy atom. The van der Waals surface area contributed by atoms with Crippen molar-refractivity contribution in [3.63, 3.8) is 0 Å². The maximum absolute atomic E-state index is 13.7. The Kier molecular flexibility index (Phi) is 3.41. The largest absolute Gasteiger partial charge is 0.399 e. The highest BCUT2D eigenvalue weighted by Gasteiger charge is 2.38. The van der Waals surface area contributed by atoms with Crippen molar-refractivity contribution in [2.45, 2.75) is 23.8 Å². The summed E-state index contributed by atoms with van der Waals surface area (Å²) in [6, 6.07) is 3.57. The molecule has 4 nitrogen and oxygen atoms in total. The molecule has 98 valence electrons. The van der Waals surface area contributed by atoms with Gasteiger partial charge in [0.15, 0.2) is 0 Å². The Labute approximate surface area is 106 Å². The van der Waals surface area contributed by atoms with Gasteiger partial charge in [0.2, 0.25) is 10.0 Å². The van der Waals surface area contributed by atoms with E-state index in [-0.39, 0.29) is 23.2 Å². The van der Waals surface area contributed by atoms with E-state index in [4.69, 9.17) is 5.73 Å². The van der Waals surface area contributed by atoms with Crippen molar-refractivity contribution in [2.75, 3.05) is 12.3 Å². The van der Waals surface area contributed by atoms with Crippen LogP contribution in [0.15, 0.2) is 35.7 Å². The molecule has 1 aromatic carbocycles. The van der Waals surface area contributed by atoms with Crippen LogP contribution in [0.25, 0.3) is 0 Å². The van der Waals surface area contributed by atoms with Crippen molar-refractivity contribution in [1.29, 1.82) is 0 Å². The predicted octanol–water partition coefficient (Wildman–Crippen LogP) is 1.75. The average molecular weight is 270 g/mol. The van der Waals surface area contributed by atoms with Gasteiger partial charge in [-0.1, -0.05) is 6.08 Å². The molecule has 0 bridgehead atoms. The second-order valence-electron chi connectivity index (χ2n) is 4.28. The van der Waals surface area contributed by atoms with E-state index in [0.29, 0.717) is 0 Å². The average Bonchev–Trinajstić information content (AvgIpc) is 3.08. The zero-order valence-corrected chi connectivity index (χ0v) is 10.7. The molecule has 2 rings (SSSR count). The van der Waals surface area contributed by atoms with Crippen LogP contribution in [0.5, 0.6) is 0 Å². The van der Waals surface area contributed by atoms with Gasteiger partial charge in [-0.05, 0) is 31.0 Å². The first-order chi connectivity index (χ1) is 8.46. The van der Waals surface area contributed by atoms with Crippen molar-refractivity contribution >= 4 is 15.7 Å². The van der Waals surface area contributed by atoms with Crippen LogP contribution in [0.1, 0.15) is 12.8 Å². The minimum atomic E-state index is -3.82. The number of sulfonamides is 1. The standard InChI is InChI=1S/C12H15FN2O2S/c1-2-7-15(10-4-5-10)18(16,17)12-6-3-9(14)8-11(12)13/h2-3,6,8,10H,1,4-5,7,14H2. The number of hydrogen-bond acceptors (Lipinski definition) is 3. The molecule has 0 aliphatic heterocycles. The van der Waals surface area contributed by atoms with Crippen LogP contribution in [0.3, 0.4) is 0 Å². The lowest BCUT2D eigenvalue weighted by atomic mass is 10.3. The Morgan fingerprint density at radius 2 is 2.17 bits per heavy atom. The van der Waals surface area contributed by atoms with Gasteiger partial charge >= 0.3 is 0 Å². The maximum atomic E-state index is 13.7. The zero-order chi connectivity index (χ0) is 13.3. The summed E-state index contributed by atoms with van der Waals surface area (Å²) < 4.78 is 39.7. The molecule has 0 spiro atoms. The monoisotopic (exact) mass is 270 g/mol. The molecule has 1 aliphatic rings. The summed E-state index contributed by atoms with van der Waals surface area (Å²) in [6.45, 7) is 3.73. The molecule has 0 amide bonds. The topological polar surface area (TPSA) is 63.4 Å². The zero-order valence-electron chi connectivity index (χ0n) is 9.84. The molecule has 1 fully saturated rings. The first-order valence-corrected chi connectivity index (χ1v) is 7.08. The van der Waals surface area contributed by atoms with Crippen molar-refractivity contribution < 1.29 is 12.8 Å². The lowest BCUT2D eigenvalue weighted by Crippen LogP contribution is -2.33. The molecule has 18 heavy (non-hydrogen) atoms. The van der Waals surface area contributed by atoms with Gasteiger partial charge in [0, 0.05) is 18.3 Å². The quantitative estimate of drug-likeness (QED) is 0.655. The number of benzene rings is 1. The van der Waals surface area contributed by atoms with E-state index in [1.54, 1.807) is 0 Å². The fourth-order valence-corrected chi connectivity index (χ4v) is 3.49. The number of anilines is 1. The molecule has 0 radical (unpaired) electrons.